The Kier molecular flexibility index (Phi) is 5.96. The fourth-order valence-corrected chi connectivity index (χ4v) is 2.58. The van der Waals surface area contributed by atoms with Crippen LogP contribution in [0, 0.1) is 5.92 Å². The van der Waals surface area contributed by atoms with Gasteiger partial charge >= 0.3 is 0 Å². The van der Waals surface area contributed by atoms with Crippen molar-refractivity contribution in [1.82, 2.24) is 9.80 Å². The van der Waals surface area contributed by atoms with Gasteiger partial charge in [-0.1, -0.05) is 6.92 Å². The van der Waals surface area contributed by atoms with Gasteiger partial charge in [0.1, 0.15) is 0 Å². The molecule has 0 saturated heterocycles. The van der Waals surface area contributed by atoms with Crippen molar-refractivity contribution in [2.24, 2.45) is 5.92 Å². The molecule has 1 rings (SSSR count). The molecule has 0 atom stereocenters. The van der Waals surface area contributed by atoms with Crippen molar-refractivity contribution in [3.63, 3.8) is 0 Å². The molecule has 100 valence electrons. The lowest BCUT2D eigenvalue weighted by molar-refractivity contribution is -0.127. The van der Waals surface area contributed by atoms with Gasteiger partial charge in [0, 0.05) is 26.6 Å². The van der Waals surface area contributed by atoms with Crippen LogP contribution in [0.25, 0.3) is 0 Å². The van der Waals surface area contributed by atoms with Gasteiger partial charge in [-0.25, -0.2) is 0 Å². The van der Waals surface area contributed by atoms with Crippen LogP contribution in [-0.4, -0.2) is 48.9 Å². The minimum Gasteiger partial charge on any atom is -0.346 e. The summed E-state index contributed by atoms with van der Waals surface area (Å²) in [6.07, 6.45) is 6.53. The van der Waals surface area contributed by atoms with Crippen LogP contribution < -0.4 is 0 Å². The summed E-state index contributed by atoms with van der Waals surface area (Å²) >= 11 is 0. The summed E-state index contributed by atoms with van der Waals surface area (Å²) in [5.74, 6) is 1.09. The first-order valence-corrected chi connectivity index (χ1v) is 6.92. The Morgan fingerprint density at radius 1 is 1.12 bits per heavy atom. The van der Waals surface area contributed by atoms with Crippen LogP contribution in [0.3, 0.4) is 0 Å². The first kappa shape index (κ1) is 14.5. The quantitative estimate of drug-likeness (QED) is 0.736. The number of carbonyl (C=O) groups excluding carboxylic acids is 1. The molecule has 1 amide bonds. The Labute approximate surface area is 106 Å². The predicted molar refractivity (Wildman–Crippen MR) is 72.0 cm³/mol. The van der Waals surface area contributed by atoms with Gasteiger partial charge in [-0.3, -0.25) is 4.79 Å². The Hall–Kier alpha value is -0.570. The molecule has 0 radical (unpaired) electrons. The van der Waals surface area contributed by atoms with Crippen molar-refractivity contribution < 1.29 is 4.79 Å². The molecule has 0 aliphatic heterocycles. The summed E-state index contributed by atoms with van der Waals surface area (Å²) in [6, 6.07) is 0.772. The molecule has 1 aliphatic rings. The maximum absolute atomic E-state index is 11.1. The number of carbonyl (C=O) groups is 1. The van der Waals surface area contributed by atoms with Gasteiger partial charge in [-0.15, -0.1) is 0 Å². The summed E-state index contributed by atoms with van der Waals surface area (Å²) < 4.78 is 0. The van der Waals surface area contributed by atoms with Crippen LogP contribution in [0.2, 0.25) is 0 Å². The normalized spacial score (nSPS) is 25.0. The molecule has 0 aromatic carbocycles. The molecular weight excluding hydrogens is 212 g/mol. The lowest BCUT2D eigenvalue weighted by Gasteiger charge is -2.33. The number of hydrogen-bond acceptors (Lipinski definition) is 2. The zero-order valence-corrected chi connectivity index (χ0v) is 11.9. The Morgan fingerprint density at radius 2 is 1.71 bits per heavy atom. The molecule has 1 aliphatic carbocycles. The van der Waals surface area contributed by atoms with Gasteiger partial charge in [0.05, 0.1) is 0 Å². The molecule has 0 aromatic rings. The monoisotopic (exact) mass is 240 g/mol. The lowest BCUT2D eigenvalue weighted by Crippen LogP contribution is -2.37. The molecule has 3 heteroatoms. The van der Waals surface area contributed by atoms with E-state index in [2.05, 4.69) is 18.9 Å². The molecule has 0 spiro atoms. The van der Waals surface area contributed by atoms with Gasteiger partial charge in [0.25, 0.3) is 0 Å². The molecule has 0 aromatic heterocycles. The second-order valence-corrected chi connectivity index (χ2v) is 5.69. The minimum atomic E-state index is 0.166. The number of amides is 1. The van der Waals surface area contributed by atoms with E-state index in [1.165, 1.54) is 25.7 Å². The van der Waals surface area contributed by atoms with Crippen LogP contribution >= 0.6 is 0 Å². The van der Waals surface area contributed by atoms with Crippen molar-refractivity contribution in [1.29, 1.82) is 0 Å². The second kappa shape index (κ2) is 7.00. The van der Waals surface area contributed by atoms with Gasteiger partial charge in [-0.2, -0.15) is 0 Å². The average molecular weight is 240 g/mol. The van der Waals surface area contributed by atoms with Crippen molar-refractivity contribution in [2.75, 3.05) is 27.2 Å². The molecule has 0 heterocycles. The highest BCUT2D eigenvalue weighted by Gasteiger charge is 2.21. The van der Waals surface area contributed by atoms with Crippen LogP contribution in [0.1, 0.15) is 46.0 Å². The van der Waals surface area contributed by atoms with Gasteiger partial charge < -0.3 is 9.80 Å². The van der Waals surface area contributed by atoms with Gasteiger partial charge in [-0.05, 0) is 51.6 Å². The van der Waals surface area contributed by atoms with E-state index >= 15 is 0 Å². The number of hydrogen-bond donors (Lipinski definition) is 0. The van der Waals surface area contributed by atoms with E-state index < -0.39 is 0 Å². The maximum Gasteiger partial charge on any atom is 0.219 e. The topological polar surface area (TPSA) is 23.6 Å². The van der Waals surface area contributed by atoms with E-state index in [0.717, 1.165) is 31.5 Å². The smallest absolute Gasteiger partial charge is 0.219 e. The number of nitrogens with zero attached hydrogens (tertiary/aromatic N) is 2. The Balaban J connectivity index is 2.16. The minimum absolute atomic E-state index is 0.166. The third kappa shape index (κ3) is 5.07. The summed E-state index contributed by atoms with van der Waals surface area (Å²) in [6.45, 7) is 5.98. The van der Waals surface area contributed by atoms with E-state index in [-0.39, 0.29) is 5.91 Å². The van der Waals surface area contributed by atoms with E-state index in [9.17, 15) is 4.79 Å². The molecule has 3 nitrogen and oxygen atoms in total. The molecule has 1 fully saturated rings. The fourth-order valence-electron chi connectivity index (χ4n) is 2.58. The first-order chi connectivity index (χ1) is 8.00. The van der Waals surface area contributed by atoms with Crippen LogP contribution in [0.4, 0.5) is 0 Å². The number of rotatable bonds is 5. The molecular formula is C14H28N2O. The predicted octanol–water partition coefficient (Wildman–Crippen LogP) is 2.37. The van der Waals surface area contributed by atoms with Gasteiger partial charge in [0.15, 0.2) is 0 Å². The lowest BCUT2D eigenvalue weighted by atomic mass is 9.87. The highest BCUT2D eigenvalue weighted by Crippen LogP contribution is 2.26. The Morgan fingerprint density at radius 3 is 2.24 bits per heavy atom. The van der Waals surface area contributed by atoms with Gasteiger partial charge in [0.2, 0.25) is 5.91 Å². The van der Waals surface area contributed by atoms with Crippen molar-refractivity contribution in [3.05, 3.63) is 0 Å². The zero-order chi connectivity index (χ0) is 12.8. The molecule has 0 bridgehead atoms. The highest BCUT2D eigenvalue weighted by atomic mass is 16.2. The standard InChI is InChI=1S/C14H28N2O/c1-12-6-8-14(9-7-12)16(4)11-5-10-15(3)13(2)17/h12,14H,5-11H2,1-4H3. The van der Waals surface area contributed by atoms with E-state index in [1.54, 1.807) is 11.8 Å². The van der Waals surface area contributed by atoms with E-state index in [1.807, 2.05) is 7.05 Å². The SMILES string of the molecule is CC(=O)N(C)CCCN(C)C1CCC(C)CC1. The molecule has 0 unspecified atom stereocenters. The molecule has 1 saturated carbocycles. The summed E-state index contributed by atoms with van der Waals surface area (Å²) in [5.41, 5.74) is 0. The molecule has 0 N–H and O–H groups in total. The largest absolute Gasteiger partial charge is 0.346 e. The summed E-state index contributed by atoms with van der Waals surface area (Å²) in [4.78, 5) is 15.4. The highest BCUT2D eigenvalue weighted by molar-refractivity contribution is 5.72. The summed E-state index contributed by atoms with van der Waals surface area (Å²) in [7, 11) is 4.11. The van der Waals surface area contributed by atoms with Crippen LogP contribution in [0.5, 0.6) is 0 Å². The maximum atomic E-state index is 11.1. The Bertz CT molecular complexity index is 234. The van der Waals surface area contributed by atoms with Crippen molar-refractivity contribution >= 4 is 5.91 Å². The van der Waals surface area contributed by atoms with E-state index in [4.69, 9.17) is 0 Å². The van der Waals surface area contributed by atoms with Crippen molar-refractivity contribution in [2.45, 2.75) is 52.0 Å². The third-order valence-electron chi connectivity index (χ3n) is 4.15. The van der Waals surface area contributed by atoms with E-state index in [0.29, 0.717) is 0 Å². The average Bonchev–Trinajstić information content (AvgIpc) is 2.29. The van der Waals surface area contributed by atoms with Crippen molar-refractivity contribution in [3.8, 4) is 0 Å². The summed E-state index contributed by atoms with van der Waals surface area (Å²) in [5, 5.41) is 0. The first-order valence-electron chi connectivity index (χ1n) is 6.92. The fraction of sp³-hybridized carbons (Fsp3) is 0.929. The second-order valence-electron chi connectivity index (χ2n) is 5.69. The van der Waals surface area contributed by atoms with Crippen LogP contribution in [-0.2, 0) is 4.79 Å². The van der Waals surface area contributed by atoms with Crippen LogP contribution in [0.15, 0.2) is 0 Å². The third-order valence-corrected chi connectivity index (χ3v) is 4.15. The molecule has 17 heavy (non-hydrogen) atoms. The zero-order valence-electron chi connectivity index (χ0n) is 11.9.